The first-order valence-electron chi connectivity index (χ1n) is 3.41. The molecule has 44 valence electrons. The normalized spacial score (nSPS) is 41.9. The molecular weight excluding hydrogens is 96.9 g/mol. The minimum atomic E-state index is 0.828. The predicted molar refractivity (Wildman–Crippen MR) is 36.8 cm³/mol. The van der Waals surface area contributed by atoms with Crippen LogP contribution in [0.2, 0.25) is 5.82 Å². The molecule has 2 aliphatic rings. The van der Waals surface area contributed by atoms with E-state index in [0.29, 0.717) is 0 Å². The van der Waals surface area contributed by atoms with E-state index < -0.39 is 0 Å². The lowest BCUT2D eigenvalue weighted by Gasteiger charge is -2.37. The SMILES string of the molecule is BC1CC12CN(C)C2. The summed E-state index contributed by atoms with van der Waals surface area (Å²) in [6.45, 7) is 2.74. The quantitative estimate of drug-likeness (QED) is 0.387. The zero-order valence-electron chi connectivity index (χ0n) is 5.65. The highest BCUT2D eigenvalue weighted by atomic mass is 15.2. The highest BCUT2D eigenvalue weighted by Gasteiger charge is 2.56. The van der Waals surface area contributed by atoms with E-state index in [1.165, 1.54) is 19.5 Å². The fraction of sp³-hybridized carbons (Fsp3) is 1.00. The Hall–Kier alpha value is 0.0249. The Labute approximate surface area is 51.5 Å². The summed E-state index contributed by atoms with van der Waals surface area (Å²) in [6.07, 6.45) is 1.50. The number of nitrogens with zero attached hydrogens (tertiary/aromatic N) is 1. The second-order valence-electron chi connectivity index (χ2n) is 3.64. The van der Waals surface area contributed by atoms with Gasteiger partial charge in [-0.15, -0.1) is 0 Å². The van der Waals surface area contributed by atoms with Gasteiger partial charge in [0.15, 0.2) is 0 Å². The average molecular weight is 109 g/mol. The lowest BCUT2D eigenvalue weighted by Crippen LogP contribution is -2.46. The van der Waals surface area contributed by atoms with Crippen molar-refractivity contribution >= 4 is 7.85 Å². The summed E-state index contributed by atoms with van der Waals surface area (Å²) >= 11 is 0. The molecule has 0 aromatic heterocycles. The standard InChI is InChI=1S/C6H12BN/c1-8-3-6(4-8)2-5(6)7/h5H,2-4,7H2,1H3. The van der Waals surface area contributed by atoms with Crippen molar-refractivity contribution in [3.05, 3.63) is 0 Å². The van der Waals surface area contributed by atoms with Crippen LogP contribution in [0.4, 0.5) is 0 Å². The van der Waals surface area contributed by atoms with Crippen molar-refractivity contribution in [3.8, 4) is 0 Å². The monoisotopic (exact) mass is 109 g/mol. The minimum absolute atomic E-state index is 0.828. The number of rotatable bonds is 0. The van der Waals surface area contributed by atoms with Crippen LogP contribution < -0.4 is 0 Å². The molecule has 0 bridgehead atoms. The molecule has 1 nitrogen and oxygen atoms in total. The highest BCUT2D eigenvalue weighted by molar-refractivity contribution is 6.14. The molecule has 2 heteroatoms. The van der Waals surface area contributed by atoms with Crippen LogP contribution in [0, 0.1) is 5.41 Å². The van der Waals surface area contributed by atoms with E-state index in [9.17, 15) is 0 Å². The molecule has 0 N–H and O–H groups in total. The lowest BCUT2D eigenvalue weighted by atomic mass is 9.86. The zero-order chi connectivity index (χ0) is 5.78. The van der Waals surface area contributed by atoms with Gasteiger partial charge < -0.3 is 4.90 Å². The van der Waals surface area contributed by atoms with Gasteiger partial charge >= 0.3 is 0 Å². The third-order valence-electron chi connectivity index (χ3n) is 2.77. The predicted octanol–water partition coefficient (Wildman–Crippen LogP) is -0.257. The van der Waals surface area contributed by atoms with Gasteiger partial charge in [0.2, 0.25) is 0 Å². The smallest absolute Gasteiger partial charge is 0.106 e. The van der Waals surface area contributed by atoms with E-state index in [1.807, 2.05) is 0 Å². The molecule has 0 aromatic rings. The average Bonchev–Trinajstić information content (AvgIpc) is 2.13. The first kappa shape index (κ1) is 4.86. The second kappa shape index (κ2) is 1.13. The van der Waals surface area contributed by atoms with Gasteiger partial charge in [0.1, 0.15) is 7.85 Å². The topological polar surface area (TPSA) is 3.24 Å². The lowest BCUT2D eigenvalue weighted by molar-refractivity contribution is 0.114. The molecule has 8 heavy (non-hydrogen) atoms. The summed E-state index contributed by atoms with van der Waals surface area (Å²) in [5.41, 5.74) is 0.828. The Morgan fingerprint density at radius 3 is 2.25 bits per heavy atom. The van der Waals surface area contributed by atoms with Gasteiger partial charge in [-0.25, -0.2) is 0 Å². The van der Waals surface area contributed by atoms with E-state index in [-0.39, 0.29) is 0 Å². The highest BCUT2D eigenvalue weighted by Crippen LogP contribution is 2.60. The van der Waals surface area contributed by atoms with E-state index in [2.05, 4.69) is 19.8 Å². The van der Waals surface area contributed by atoms with Crippen LogP contribution in [0.15, 0.2) is 0 Å². The van der Waals surface area contributed by atoms with Crippen LogP contribution in [-0.4, -0.2) is 32.9 Å². The molecule has 1 unspecified atom stereocenters. The molecule has 2 rings (SSSR count). The molecule has 1 aliphatic heterocycles. The van der Waals surface area contributed by atoms with Gasteiger partial charge in [0, 0.05) is 13.1 Å². The van der Waals surface area contributed by atoms with Crippen LogP contribution in [0.25, 0.3) is 0 Å². The molecule has 1 aliphatic carbocycles. The summed E-state index contributed by atoms with van der Waals surface area (Å²) in [5, 5.41) is 0. The van der Waals surface area contributed by atoms with Crippen LogP contribution in [-0.2, 0) is 0 Å². The van der Waals surface area contributed by atoms with Crippen molar-refractivity contribution in [2.24, 2.45) is 5.41 Å². The van der Waals surface area contributed by atoms with Crippen molar-refractivity contribution in [2.45, 2.75) is 12.2 Å². The summed E-state index contributed by atoms with van der Waals surface area (Å²) in [5.74, 6) is 1.04. The minimum Gasteiger partial charge on any atom is -0.305 e. The molecule has 0 aromatic carbocycles. The maximum absolute atomic E-state index is 2.41. The van der Waals surface area contributed by atoms with Gasteiger partial charge in [-0.05, 0) is 18.9 Å². The molecule has 1 saturated carbocycles. The Morgan fingerprint density at radius 1 is 1.62 bits per heavy atom. The van der Waals surface area contributed by atoms with Crippen LogP contribution >= 0.6 is 0 Å². The summed E-state index contributed by atoms with van der Waals surface area (Å²) in [6, 6.07) is 0. The van der Waals surface area contributed by atoms with Crippen LogP contribution in [0.1, 0.15) is 6.42 Å². The van der Waals surface area contributed by atoms with Crippen molar-refractivity contribution in [1.82, 2.24) is 4.90 Å². The van der Waals surface area contributed by atoms with E-state index in [0.717, 1.165) is 11.2 Å². The Bertz CT molecular complexity index is 118. The van der Waals surface area contributed by atoms with Crippen molar-refractivity contribution in [1.29, 1.82) is 0 Å². The molecule has 2 fully saturated rings. The molecule has 0 radical (unpaired) electrons. The number of hydrogen-bond acceptors (Lipinski definition) is 1. The molecular formula is C6H12BN. The Balaban J connectivity index is 1.96. The van der Waals surface area contributed by atoms with Crippen molar-refractivity contribution < 1.29 is 0 Å². The molecule has 1 atom stereocenters. The molecule has 1 spiro atoms. The third-order valence-corrected chi connectivity index (χ3v) is 2.77. The summed E-state index contributed by atoms with van der Waals surface area (Å²) in [7, 11) is 4.57. The van der Waals surface area contributed by atoms with Gasteiger partial charge in [-0.2, -0.15) is 0 Å². The van der Waals surface area contributed by atoms with E-state index in [1.54, 1.807) is 0 Å². The van der Waals surface area contributed by atoms with E-state index in [4.69, 9.17) is 0 Å². The number of hydrogen-bond donors (Lipinski definition) is 0. The van der Waals surface area contributed by atoms with Crippen LogP contribution in [0.5, 0.6) is 0 Å². The molecule has 0 amide bonds. The van der Waals surface area contributed by atoms with Crippen molar-refractivity contribution in [3.63, 3.8) is 0 Å². The molecule has 1 heterocycles. The fourth-order valence-corrected chi connectivity index (χ4v) is 2.02. The molecule has 1 saturated heterocycles. The van der Waals surface area contributed by atoms with Gasteiger partial charge in [0.05, 0.1) is 0 Å². The van der Waals surface area contributed by atoms with Gasteiger partial charge in [-0.1, -0.05) is 5.82 Å². The first-order valence-corrected chi connectivity index (χ1v) is 3.41. The maximum Gasteiger partial charge on any atom is 0.106 e. The van der Waals surface area contributed by atoms with E-state index >= 15 is 0 Å². The van der Waals surface area contributed by atoms with Crippen LogP contribution in [0.3, 0.4) is 0 Å². The maximum atomic E-state index is 2.41. The fourth-order valence-electron chi connectivity index (χ4n) is 2.02. The first-order chi connectivity index (χ1) is 3.73. The van der Waals surface area contributed by atoms with Crippen molar-refractivity contribution in [2.75, 3.05) is 20.1 Å². The van der Waals surface area contributed by atoms with Gasteiger partial charge in [-0.3, -0.25) is 0 Å². The number of likely N-dealkylation sites (tertiary alicyclic amines) is 1. The summed E-state index contributed by atoms with van der Waals surface area (Å²) < 4.78 is 0. The third kappa shape index (κ3) is 0.420. The Kier molecular flexibility index (Phi) is 0.687. The largest absolute Gasteiger partial charge is 0.305 e. The second-order valence-corrected chi connectivity index (χ2v) is 3.64. The van der Waals surface area contributed by atoms with Gasteiger partial charge in [0.25, 0.3) is 0 Å². The Morgan fingerprint density at radius 2 is 2.12 bits per heavy atom. The zero-order valence-corrected chi connectivity index (χ0v) is 5.65. The summed E-state index contributed by atoms with van der Waals surface area (Å²) in [4.78, 5) is 2.41.